The van der Waals surface area contributed by atoms with Gasteiger partial charge in [-0.2, -0.15) is 0 Å². The summed E-state index contributed by atoms with van der Waals surface area (Å²) in [5.74, 6) is -0.0864. The van der Waals surface area contributed by atoms with Crippen LogP contribution in [-0.4, -0.2) is 46.6 Å². The van der Waals surface area contributed by atoms with E-state index in [1.807, 2.05) is 37.4 Å². The largest absolute Gasteiger partial charge is 0.493 e. The second kappa shape index (κ2) is 8.05. The summed E-state index contributed by atoms with van der Waals surface area (Å²) in [4.78, 5) is 13.3. The van der Waals surface area contributed by atoms with Crippen LogP contribution in [0, 0.1) is 0 Å². The molecule has 142 valence electrons. The Hall–Kier alpha value is -3.13. The molecule has 0 saturated heterocycles. The minimum Gasteiger partial charge on any atom is -0.493 e. The SMILES string of the molecule is COc1cccc(CN(C)Cc2ccc3nonc3c2)c1OC(C)C(=O)O. The summed E-state index contributed by atoms with van der Waals surface area (Å²) >= 11 is 0. The van der Waals surface area contributed by atoms with Gasteiger partial charge in [-0.15, -0.1) is 0 Å². The van der Waals surface area contributed by atoms with Crippen LogP contribution in [0.3, 0.4) is 0 Å². The van der Waals surface area contributed by atoms with Crippen molar-refractivity contribution in [1.82, 2.24) is 15.2 Å². The Labute approximate surface area is 156 Å². The number of hydrogen-bond donors (Lipinski definition) is 1. The van der Waals surface area contributed by atoms with Gasteiger partial charge in [0, 0.05) is 18.7 Å². The lowest BCUT2D eigenvalue weighted by Crippen LogP contribution is -2.25. The number of aliphatic carboxylic acids is 1. The number of carbonyl (C=O) groups is 1. The van der Waals surface area contributed by atoms with Gasteiger partial charge in [-0.3, -0.25) is 4.90 Å². The number of ether oxygens (including phenoxy) is 2. The van der Waals surface area contributed by atoms with Crippen molar-refractivity contribution in [2.75, 3.05) is 14.2 Å². The summed E-state index contributed by atoms with van der Waals surface area (Å²) in [7, 11) is 3.50. The molecule has 3 aromatic rings. The van der Waals surface area contributed by atoms with Crippen molar-refractivity contribution < 1.29 is 24.0 Å². The quantitative estimate of drug-likeness (QED) is 0.645. The summed E-state index contributed by atoms with van der Waals surface area (Å²) < 4.78 is 15.7. The first kappa shape index (κ1) is 18.7. The molecule has 0 fully saturated rings. The summed E-state index contributed by atoms with van der Waals surface area (Å²) in [6.07, 6.45) is -0.979. The van der Waals surface area contributed by atoms with E-state index in [0.717, 1.165) is 11.1 Å². The topological polar surface area (TPSA) is 97.9 Å². The fourth-order valence-corrected chi connectivity index (χ4v) is 2.79. The van der Waals surface area contributed by atoms with Gasteiger partial charge in [-0.05, 0) is 48.0 Å². The smallest absolute Gasteiger partial charge is 0.344 e. The molecule has 3 rings (SSSR count). The summed E-state index contributed by atoms with van der Waals surface area (Å²) in [5.41, 5.74) is 3.33. The van der Waals surface area contributed by atoms with Gasteiger partial charge < -0.3 is 14.6 Å². The first-order valence-electron chi connectivity index (χ1n) is 8.43. The number of para-hydroxylation sites is 1. The Balaban J connectivity index is 1.77. The molecule has 1 aromatic heterocycles. The second-order valence-electron chi connectivity index (χ2n) is 6.31. The van der Waals surface area contributed by atoms with Crippen LogP contribution in [0.5, 0.6) is 11.5 Å². The van der Waals surface area contributed by atoms with E-state index >= 15 is 0 Å². The molecule has 27 heavy (non-hydrogen) atoms. The molecule has 0 radical (unpaired) electrons. The lowest BCUT2D eigenvalue weighted by atomic mass is 10.1. The molecule has 0 amide bonds. The van der Waals surface area contributed by atoms with E-state index in [4.69, 9.17) is 19.2 Å². The van der Waals surface area contributed by atoms with Crippen molar-refractivity contribution in [2.24, 2.45) is 0 Å². The highest BCUT2D eigenvalue weighted by Crippen LogP contribution is 2.33. The predicted molar refractivity (Wildman–Crippen MR) is 97.7 cm³/mol. The second-order valence-corrected chi connectivity index (χ2v) is 6.31. The third kappa shape index (κ3) is 4.35. The molecule has 0 aliphatic carbocycles. The number of fused-ring (bicyclic) bond motifs is 1. The van der Waals surface area contributed by atoms with E-state index < -0.39 is 12.1 Å². The Bertz CT molecular complexity index is 940. The summed E-state index contributed by atoms with van der Waals surface area (Å²) in [6, 6.07) is 11.3. The number of carboxylic acid groups (broad SMARTS) is 1. The van der Waals surface area contributed by atoms with Gasteiger partial charge in [0.2, 0.25) is 0 Å². The van der Waals surface area contributed by atoms with Crippen molar-refractivity contribution >= 4 is 17.0 Å². The highest BCUT2D eigenvalue weighted by atomic mass is 16.6. The number of carboxylic acids is 1. The van der Waals surface area contributed by atoms with Crippen molar-refractivity contribution in [3.05, 3.63) is 47.5 Å². The number of rotatable bonds is 8. The van der Waals surface area contributed by atoms with E-state index in [2.05, 4.69) is 15.2 Å². The molecule has 1 atom stereocenters. The maximum atomic E-state index is 11.2. The van der Waals surface area contributed by atoms with Crippen LogP contribution < -0.4 is 9.47 Å². The standard InChI is InChI=1S/C19H21N3O5/c1-12(19(23)24)26-18-14(5-4-6-17(18)25-3)11-22(2)10-13-7-8-15-16(9-13)21-27-20-15/h4-9,12H,10-11H2,1-3H3,(H,23,24). The van der Waals surface area contributed by atoms with Crippen LogP contribution in [0.15, 0.2) is 41.0 Å². The number of aromatic nitrogens is 2. The number of hydrogen-bond acceptors (Lipinski definition) is 7. The van der Waals surface area contributed by atoms with Gasteiger partial charge in [-0.1, -0.05) is 18.2 Å². The van der Waals surface area contributed by atoms with Crippen LogP contribution in [0.4, 0.5) is 0 Å². The first-order valence-corrected chi connectivity index (χ1v) is 8.43. The maximum absolute atomic E-state index is 11.2. The summed E-state index contributed by atoms with van der Waals surface area (Å²) in [5, 5.41) is 16.8. The van der Waals surface area contributed by atoms with Gasteiger partial charge in [0.1, 0.15) is 11.0 Å². The van der Waals surface area contributed by atoms with E-state index in [0.29, 0.717) is 35.6 Å². The molecule has 0 aliphatic heterocycles. The minimum atomic E-state index is -1.03. The number of benzene rings is 2. The minimum absolute atomic E-state index is 0.443. The monoisotopic (exact) mass is 371 g/mol. The van der Waals surface area contributed by atoms with Gasteiger partial charge in [-0.25, -0.2) is 9.42 Å². The Kier molecular flexibility index (Phi) is 5.56. The molecule has 1 unspecified atom stereocenters. The third-order valence-corrected chi connectivity index (χ3v) is 4.13. The molecule has 2 aromatic carbocycles. The molecule has 0 bridgehead atoms. The molecular formula is C19H21N3O5. The van der Waals surface area contributed by atoms with Crippen molar-refractivity contribution in [2.45, 2.75) is 26.1 Å². The average molecular weight is 371 g/mol. The van der Waals surface area contributed by atoms with Gasteiger partial charge in [0.25, 0.3) is 0 Å². The third-order valence-electron chi connectivity index (χ3n) is 4.13. The fourth-order valence-electron chi connectivity index (χ4n) is 2.79. The molecule has 0 spiro atoms. The van der Waals surface area contributed by atoms with E-state index in [1.54, 1.807) is 6.07 Å². The Morgan fingerprint density at radius 2 is 2.00 bits per heavy atom. The molecule has 1 N–H and O–H groups in total. The van der Waals surface area contributed by atoms with Crippen LogP contribution in [0.25, 0.3) is 11.0 Å². The number of methoxy groups -OCH3 is 1. The lowest BCUT2D eigenvalue weighted by molar-refractivity contribution is -0.144. The van der Waals surface area contributed by atoms with Crippen LogP contribution in [0.1, 0.15) is 18.1 Å². The van der Waals surface area contributed by atoms with Crippen LogP contribution >= 0.6 is 0 Å². The maximum Gasteiger partial charge on any atom is 0.344 e. The average Bonchev–Trinajstić information content (AvgIpc) is 3.10. The van der Waals surface area contributed by atoms with Crippen LogP contribution in [0.2, 0.25) is 0 Å². The van der Waals surface area contributed by atoms with Crippen molar-refractivity contribution in [1.29, 1.82) is 0 Å². The zero-order chi connectivity index (χ0) is 19.4. The summed E-state index contributed by atoms with van der Waals surface area (Å²) in [6.45, 7) is 2.70. The molecule has 0 saturated carbocycles. The molecule has 0 aliphatic rings. The van der Waals surface area contributed by atoms with E-state index in [-0.39, 0.29) is 0 Å². The fraction of sp³-hybridized carbons (Fsp3) is 0.316. The first-order chi connectivity index (χ1) is 13.0. The normalized spacial score (nSPS) is 12.3. The zero-order valence-electron chi connectivity index (χ0n) is 15.4. The highest BCUT2D eigenvalue weighted by Gasteiger charge is 2.19. The van der Waals surface area contributed by atoms with E-state index in [9.17, 15) is 4.79 Å². The predicted octanol–water partition coefficient (Wildman–Crippen LogP) is 2.72. The Morgan fingerprint density at radius 1 is 1.22 bits per heavy atom. The van der Waals surface area contributed by atoms with Crippen molar-refractivity contribution in [3.63, 3.8) is 0 Å². The van der Waals surface area contributed by atoms with E-state index in [1.165, 1.54) is 14.0 Å². The van der Waals surface area contributed by atoms with Gasteiger partial charge in [0.05, 0.1) is 7.11 Å². The highest BCUT2D eigenvalue weighted by molar-refractivity contribution is 5.73. The van der Waals surface area contributed by atoms with Crippen LogP contribution in [-0.2, 0) is 17.9 Å². The molecule has 1 heterocycles. The van der Waals surface area contributed by atoms with Crippen molar-refractivity contribution in [3.8, 4) is 11.5 Å². The molecule has 8 heteroatoms. The van der Waals surface area contributed by atoms with Gasteiger partial charge >= 0.3 is 5.97 Å². The Morgan fingerprint density at radius 3 is 2.74 bits per heavy atom. The molecular weight excluding hydrogens is 350 g/mol. The molecule has 8 nitrogen and oxygen atoms in total. The number of nitrogens with zero attached hydrogens (tertiary/aromatic N) is 3. The zero-order valence-corrected chi connectivity index (χ0v) is 15.4. The lowest BCUT2D eigenvalue weighted by Gasteiger charge is -2.21. The van der Waals surface area contributed by atoms with Gasteiger partial charge in [0.15, 0.2) is 17.6 Å².